The molecule has 0 unspecified atom stereocenters. The summed E-state index contributed by atoms with van der Waals surface area (Å²) in [6.45, 7) is 3.65. The van der Waals surface area contributed by atoms with Gasteiger partial charge in [-0.3, -0.25) is 4.79 Å². The van der Waals surface area contributed by atoms with E-state index in [4.69, 9.17) is 0 Å². The van der Waals surface area contributed by atoms with Crippen LogP contribution in [0, 0.1) is 12.7 Å². The summed E-state index contributed by atoms with van der Waals surface area (Å²) in [7, 11) is 0. The maximum Gasteiger partial charge on any atom is 0.234 e. The van der Waals surface area contributed by atoms with E-state index in [1.807, 2.05) is 11.8 Å². The van der Waals surface area contributed by atoms with Crippen molar-refractivity contribution in [3.63, 3.8) is 0 Å². The molecule has 6 nitrogen and oxygen atoms in total. The number of amides is 1. The molecule has 1 aliphatic heterocycles. The first-order valence-electron chi connectivity index (χ1n) is 8.73. The van der Waals surface area contributed by atoms with Crippen LogP contribution in [-0.4, -0.2) is 51.2 Å². The minimum atomic E-state index is -0.337. The monoisotopic (exact) mass is 435 g/mol. The molecular weight excluding hydrogens is 417 g/mol. The fourth-order valence-corrected chi connectivity index (χ4v) is 5.56. The van der Waals surface area contributed by atoms with Gasteiger partial charge in [0.05, 0.1) is 5.75 Å². The SMILES string of the molecule is Cc1ccc(NC(=O)CSc2ncnc3nc(N4CCSCC4)sc23)cc1F. The minimum Gasteiger partial charge on any atom is -0.346 e. The topological polar surface area (TPSA) is 71.0 Å². The Hall–Kier alpha value is -1.91. The lowest BCUT2D eigenvalue weighted by Crippen LogP contribution is -2.32. The second-order valence-corrected chi connectivity index (χ2v) is 9.39. The van der Waals surface area contributed by atoms with Gasteiger partial charge in [-0.25, -0.2) is 14.4 Å². The third-order valence-electron chi connectivity index (χ3n) is 4.22. The van der Waals surface area contributed by atoms with Crippen molar-refractivity contribution in [2.45, 2.75) is 11.9 Å². The van der Waals surface area contributed by atoms with Gasteiger partial charge in [-0.05, 0) is 24.6 Å². The highest BCUT2D eigenvalue weighted by molar-refractivity contribution is 8.00. The van der Waals surface area contributed by atoms with Crippen LogP contribution in [0.5, 0.6) is 0 Å². The van der Waals surface area contributed by atoms with Crippen LogP contribution in [0.1, 0.15) is 5.56 Å². The van der Waals surface area contributed by atoms with Crippen LogP contribution in [0.2, 0.25) is 0 Å². The predicted molar refractivity (Wildman–Crippen MR) is 115 cm³/mol. The molecule has 1 amide bonds. The Morgan fingerprint density at radius 1 is 1.32 bits per heavy atom. The molecule has 3 heterocycles. The molecule has 2 aromatic heterocycles. The summed E-state index contributed by atoms with van der Waals surface area (Å²) in [4.78, 5) is 27.8. The third-order valence-corrected chi connectivity index (χ3v) is 7.40. The number of carbonyl (C=O) groups is 1. The zero-order chi connectivity index (χ0) is 19.5. The molecule has 1 aromatic carbocycles. The molecule has 3 aromatic rings. The van der Waals surface area contributed by atoms with Gasteiger partial charge in [-0.1, -0.05) is 29.2 Å². The van der Waals surface area contributed by atoms with Crippen molar-refractivity contribution < 1.29 is 9.18 Å². The first-order chi connectivity index (χ1) is 13.6. The van der Waals surface area contributed by atoms with Gasteiger partial charge in [0.2, 0.25) is 5.91 Å². The number of aryl methyl sites for hydroxylation is 1. The van der Waals surface area contributed by atoms with Crippen LogP contribution in [0.3, 0.4) is 0 Å². The Balaban J connectivity index is 1.44. The number of nitrogens with zero attached hydrogens (tertiary/aromatic N) is 4. The van der Waals surface area contributed by atoms with Crippen molar-refractivity contribution in [2.75, 3.05) is 40.6 Å². The summed E-state index contributed by atoms with van der Waals surface area (Å²) >= 11 is 4.86. The number of fused-ring (bicyclic) bond motifs is 1. The molecule has 10 heteroatoms. The van der Waals surface area contributed by atoms with Gasteiger partial charge >= 0.3 is 0 Å². The summed E-state index contributed by atoms with van der Waals surface area (Å²) in [5.41, 5.74) is 1.66. The summed E-state index contributed by atoms with van der Waals surface area (Å²) < 4.78 is 14.5. The van der Waals surface area contributed by atoms with E-state index in [0.29, 0.717) is 16.9 Å². The maximum absolute atomic E-state index is 13.6. The highest BCUT2D eigenvalue weighted by Crippen LogP contribution is 2.34. The molecule has 1 N–H and O–H groups in total. The second-order valence-electron chi connectivity index (χ2n) is 6.23. The molecule has 0 saturated carbocycles. The van der Waals surface area contributed by atoms with Crippen molar-refractivity contribution in [1.29, 1.82) is 0 Å². The number of nitrogens with one attached hydrogen (secondary N) is 1. The van der Waals surface area contributed by atoms with Crippen molar-refractivity contribution in [2.24, 2.45) is 0 Å². The number of carbonyl (C=O) groups excluding carboxylic acids is 1. The molecule has 0 atom stereocenters. The molecule has 0 aliphatic carbocycles. The zero-order valence-electron chi connectivity index (χ0n) is 15.1. The summed E-state index contributed by atoms with van der Waals surface area (Å²) in [6.07, 6.45) is 1.48. The fourth-order valence-electron chi connectivity index (χ4n) is 2.72. The number of aromatic nitrogens is 3. The van der Waals surface area contributed by atoms with Gasteiger partial charge in [0.1, 0.15) is 21.9 Å². The van der Waals surface area contributed by atoms with E-state index in [-0.39, 0.29) is 17.5 Å². The minimum absolute atomic E-state index is 0.176. The summed E-state index contributed by atoms with van der Waals surface area (Å²) in [5.74, 6) is 1.83. The Morgan fingerprint density at radius 2 is 2.14 bits per heavy atom. The highest BCUT2D eigenvalue weighted by atomic mass is 32.2. The Bertz CT molecular complexity index is 1010. The summed E-state index contributed by atoms with van der Waals surface area (Å²) in [5, 5.41) is 4.42. The summed E-state index contributed by atoms with van der Waals surface area (Å²) in [6, 6.07) is 4.66. The van der Waals surface area contributed by atoms with Gasteiger partial charge in [0.15, 0.2) is 10.8 Å². The van der Waals surface area contributed by atoms with E-state index in [2.05, 4.69) is 25.2 Å². The van der Waals surface area contributed by atoms with Crippen molar-refractivity contribution in [3.8, 4) is 0 Å². The second kappa shape index (κ2) is 8.62. The van der Waals surface area contributed by atoms with Gasteiger partial charge in [-0.2, -0.15) is 16.7 Å². The van der Waals surface area contributed by atoms with Crippen molar-refractivity contribution in [3.05, 3.63) is 35.9 Å². The van der Waals surface area contributed by atoms with E-state index >= 15 is 0 Å². The first kappa shape index (κ1) is 19.4. The van der Waals surface area contributed by atoms with E-state index in [1.165, 1.54) is 24.2 Å². The number of thioether (sulfide) groups is 2. The number of anilines is 2. The van der Waals surface area contributed by atoms with Gasteiger partial charge in [0, 0.05) is 30.3 Å². The molecule has 146 valence electrons. The van der Waals surface area contributed by atoms with Crippen LogP contribution in [0.25, 0.3) is 10.3 Å². The van der Waals surface area contributed by atoms with Crippen molar-refractivity contribution in [1.82, 2.24) is 15.0 Å². The molecule has 4 rings (SSSR count). The molecule has 0 bridgehead atoms. The standard InChI is InChI=1S/C18H18FN5OS3/c1-11-2-3-12(8-13(11)19)22-14(25)9-27-17-15-16(20-10-21-17)23-18(28-15)24-4-6-26-7-5-24/h2-3,8,10H,4-7,9H2,1H3,(H,22,25). The number of rotatable bonds is 5. The quantitative estimate of drug-likeness (QED) is 0.483. The molecule has 1 saturated heterocycles. The van der Waals surface area contributed by atoms with E-state index in [1.54, 1.807) is 30.4 Å². The molecule has 1 fully saturated rings. The van der Waals surface area contributed by atoms with Gasteiger partial charge in [0.25, 0.3) is 0 Å². The fraction of sp³-hybridized carbons (Fsp3) is 0.333. The highest BCUT2D eigenvalue weighted by Gasteiger charge is 2.18. The maximum atomic E-state index is 13.6. The Labute approximate surface area is 174 Å². The molecular formula is C18H18FN5OS3. The predicted octanol–water partition coefficient (Wildman–Crippen LogP) is 3.82. The van der Waals surface area contributed by atoms with Crippen LogP contribution in [0.15, 0.2) is 29.6 Å². The van der Waals surface area contributed by atoms with Crippen LogP contribution < -0.4 is 10.2 Å². The van der Waals surface area contributed by atoms with Crippen LogP contribution in [-0.2, 0) is 4.79 Å². The van der Waals surface area contributed by atoms with Crippen LogP contribution >= 0.6 is 34.9 Å². The zero-order valence-corrected chi connectivity index (χ0v) is 17.6. The number of hydrogen-bond donors (Lipinski definition) is 1. The number of hydrogen-bond acceptors (Lipinski definition) is 8. The number of halogens is 1. The third kappa shape index (κ3) is 4.39. The molecule has 28 heavy (non-hydrogen) atoms. The lowest BCUT2D eigenvalue weighted by molar-refractivity contribution is -0.113. The van der Waals surface area contributed by atoms with E-state index in [9.17, 15) is 9.18 Å². The van der Waals surface area contributed by atoms with E-state index in [0.717, 1.165) is 39.5 Å². The Kier molecular flexibility index (Phi) is 5.98. The van der Waals surface area contributed by atoms with Gasteiger partial charge in [-0.15, -0.1) is 0 Å². The van der Waals surface area contributed by atoms with Gasteiger partial charge < -0.3 is 10.2 Å². The normalized spacial score (nSPS) is 14.4. The Morgan fingerprint density at radius 3 is 2.93 bits per heavy atom. The molecule has 1 aliphatic rings. The smallest absolute Gasteiger partial charge is 0.234 e. The first-order valence-corrected chi connectivity index (χ1v) is 11.7. The van der Waals surface area contributed by atoms with Crippen LogP contribution in [0.4, 0.5) is 15.2 Å². The molecule has 0 radical (unpaired) electrons. The average molecular weight is 436 g/mol. The number of benzene rings is 1. The lowest BCUT2D eigenvalue weighted by Gasteiger charge is -2.25. The van der Waals surface area contributed by atoms with E-state index < -0.39 is 0 Å². The number of thiazole rings is 1. The van der Waals surface area contributed by atoms with Crippen molar-refractivity contribution >= 4 is 61.9 Å². The average Bonchev–Trinajstić information content (AvgIpc) is 3.15. The molecule has 0 spiro atoms. The lowest BCUT2D eigenvalue weighted by atomic mass is 10.2. The largest absolute Gasteiger partial charge is 0.346 e.